The summed E-state index contributed by atoms with van der Waals surface area (Å²) in [6.07, 6.45) is 2.21. The van der Waals surface area contributed by atoms with Gasteiger partial charge in [-0.25, -0.2) is 0 Å². The van der Waals surface area contributed by atoms with Crippen LogP contribution in [0.25, 0.3) is 10.4 Å². The van der Waals surface area contributed by atoms with Gasteiger partial charge in [0.2, 0.25) is 5.91 Å². The molecule has 1 N–H and O–H groups in total. The van der Waals surface area contributed by atoms with E-state index in [2.05, 4.69) is 12.2 Å². The van der Waals surface area contributed by atoms with E-state index in [0.29, 0.717) is 36.9 Å². The van der Waals surface area contributed by atoms with Crippen LogP contribution >= 0.6 is 23.1 Å². The zero-order valence-electron chi connectivity index (χ0n) is 17.9. The van der Waals surface area contributed by atoms with Gasteiger partial charge in [-0.1, -0.05) is 43.7 Å². The average Bonchev–Trinajstić information content (AvgIpc) is 3.10. The molecule has 1 aromatic heterocycles. The molecule has 1 saturated heterocycles. The van der Waals surface area contributed by atoms with Crippen LogP contribution in [0.5, 0.6) is 0 Å². The van der Waals surface area contributed by atoms with Crippen LogP contribution < -0.4 is 5.32 Å². The van der Waals surface area contributed by atoms with Gasteiger partial charge in [-0.2, -0.15) is 0 Å². The van der Waals surface area contributed by atoms with Gasteiger partial charge in [0.1, 0.15) is 5.00 Å². The number of hydrogen-bond acceptors (Lipinski definition) is 5. The first kappa shape index (κ1) is 22.8. The summed E-state index contributed by atoms with van der Waals surface area (Å²) in [5.74, 6) is 0.882. The highest BCUT2D eigenvalue weighted by Gasteiger charge is 2.28. The van der Waals surface area contributed by atoms with Gasteiger partial charge < -0.3 is 15.0 Å². The molecule has 1 aliphatic rings. The molecule has 162 valence electrons. The Balaban J connectivity index is 1.90. The van der Waals surface area contributed by atoms with Gasteiger partial charge in [0, 0.05) is 18.0 Å². The van der Waals surface area contributed by atoms with Crippen molar-refractivity contribution in [3.8, 4) is 10.4 Å². The molecule has 2 heterocycles. The van der Waals surface area contributed by atoms with Crippen molar-refractivity contribution < 1.29 is 14.3 Å². The van der Waals surface area contributed by atoms with Crippen molar-refractivity contribution in [1.29, 1.82) is 0 Å². The molecule has 30 heavy (non-hydrogen) atoms. The number of thiophene rings is 1. The number of hydrogen-bond donors (Lipinski definition) is 1. The number of morpholine rings is 1. The zero-order chi connectivity index (χ0) is 21.5. The fourth-order valence-corrected chi connectivity index (χ4v) is 5.57. The number of thioether (sulfide) groups is 1. The van der Waals surface area contributed by atoms with Crippen LogP contribution in [-0.2, 0) is 9.53 Å². The second-order valence-electron chi connectivity index (χ2n) is 7.39. The molecule has 1 aromatic carbocycles. The quantitative estimate of drug-likeness (QED) is 0.576. The molecule has 0 aliphatic carbocycles. The van der Waals surface area contributed by atoms with Gasteiger partial charge in [-0.05, 0) is 37.1 Å². The third kappa shape index (κ3) is 5.45. The van der Waals surface area contributed by atoms with Crippen LogP contribution in [0.4, 0.5) is 5.00 Å². The predicted octanol–water partition coefficient (Wildman–Crippen LogP) is 5.06. The minimum Gasteiger partial charge on any atom is -0.378 e. The Morgan fingerprint density at radius 2 is 1.93 bits per heavy atom. The molecular weight excluding hydrogens is 416 g/mol. The average molecular weight is 447 g/mol. The first-order valence-corrected chi connectivity index (χ1v) is 12.4. The van der Waals surface area contributed by atoms with Crippen molar-refractivity contribution >= 4 is 39.9 Å². The van der Waals surface area contributed by atoms with Gasteiger partial charge in [0.05, 0.1) is 24.0 Å². The maximum absolute atomic E-state index is 13.4. The number of carbonyl (C=O) groups excluding carboxylic acids is 2. The number of amides is 2. The van der Waals surface area contributed by atoms with Crippen molar-refractivity contribution in [1.82, 2.24) is 4.90 Å². The Kier molecular flexibility index (Phi) is 8.36. The molecule has 1 fully saturated rings. The Morgan fingerprint density at radius 3 is 2.60 bits per heavy atom. The maximum atomic E-state index is 13.4. The lowest BCUT2D eigenvalue weighted by Crippen LogP contribution is -2.41. The third-order valence-corrected chi connectivity index (χ3v) is 7.66. The van der Waals surface area contributed by atoms with Crippen LogP contribution in [0.1, 0.15) is 42.6 Å². The number of rotatable bonds is 8. The van der Waals surface area contributed by atoms with E-state index in [-0.39, 0.29) is 17.1 Å². The van der Waals surface area contributed by atoms with Gasteiger partial charge >= 0.3 is 0 Å². The number of carbonyl (C=O) groups is 2. The molecule has 1 aliphatic heterocycles. The Bertz CT molecular complexity index is 861. The largest absolute Gasteiger partial charge is 0.378 e. The van der Waals surface area contributed by atoms with Gasteiger partial charge in [0.15, 0.2) is 0 Å². The van der Waals surface area contributed by atoms with E-state index in [1.165, 1.54) is 11.3 Å². The molecule has 0 saturated carbocycles. The molecular formula is C23H30N2O3S2. The predicted molar refractivity (Wildman–Crippen MR) is 127 cm³/mol. The van der Waals surface area contributed by atoms with E-state index in [9.17, 15) is 9.59 Å². The zero-order valence-corrected chi connectivity index (χ0v) is 19.5. The number of unbranched alkanes of at least 4 members (excludes halogenated alkanes) is 1. The summed E-state index contributed by atoms with van der Waals surface area (Å²) in [5.41, 5.74) is 2.59. The molecule has 7 heteroatoms. The first-order valence-electron chi connectivity index (χ1n) is 10.5. The highest BCUT2D eigenvalue weighted by molar-refractivity contribution is 8.00. The Labute approximate surface area is 187 Å². The van der Waals surface area contributed by atoms with Gasteiger partial charge in [0.25, 0.3) is 5.91 Å². The SMILES string of the molecule is CCCCSC(C)C(=O)Nc1sc(-c2ccccc2)c(C)c1C(=O)N1CCOCC1. The minimum atomic E-state index is -0.162. The van der Waals surface area contributed by atoms with Crippen LogP contribution in [0.2, 0.25) is 0 Å². The normalized spacial score (nSPS) is 15.1. The van der Waals surface area contributed by atoms with E-state index in [1.54, 1.807) is 11.8 Å². The Morgan fingerprint density at radius 1 is 1.23 bits per heavy atom. The first-order chi connectivity index (χ1) is 14.5. The van der Waals surface area contributed by atoms with Crippen molar-refractivity contribution in [2.45, 2.75) is 38.9 Å². The number of benzene rings is 1. The molecule has 1 unspecified atom stereocenters. The Hall–Kier alpha value is -1.83. The molecule has 3 rings (SSSR count). The summed E-state index contributed by atoms with van der Waals surface area (Å²) < 4.78 is 5.40. The summed E-state index contributed by atoms with van der Waals surface area (Å²) in [4.78, 5) is 29.1. The fraction of sp³-hybridized carbons (Fsp3) is 0.478. The molecule has 5 nitrogen and oxygen atoms in total. The molecule has 2 amide bonds. The van der Waals surface area contributed by atoms with Crippen LogP contribution in [0, 0.1) is 6.92 Å². The van der Waals surface area contributed by atoms with Crippen molar-refractivity contribution in [3.05, 3.63) is 41.5 Å². The monoisotopic (exact) mass is 446 g/mol. The van der Waals surface area contributed by atoms with Crippen LogP contribution in [-0.4, -0.2) is 54.0 Å². The topological polar surface area (TPSA) is 58.6 Å². The fourth-order valence-electron chi connectivity index (χ4n) is 3.34. The lowest BCUT2D eigenvalue weighted by molar-refractivity contribution is -0.115. The molecule has 0 radical (unpaired) electrons. The third-order valence-electron chi connectivity index (χ3n) is 5.17. The summed E-state index contributed by atoms with van der Waals surface area (Å²) in [6, 6.07) is 10.0. The van der Waals surface area contributed by atoms with E-state index in [1.807, 2.05) is 49.1 Å². The number of anilines is 1. The molecule has 2 aromatic rings. The highest BCUT2D eigenvalue weighted by Crippen LogP contribution is 2.40. The summed E-state index contributed by atoms with van der Waals surface area (Å²) >= 11 is 3.14. The summed E-state index contributed by atoms with van der Waals surface area (Å²) in [7, 11) is 0. The standard InChI is InChI=1S/C23H30N2O3S2/c1-4-5-15-29-17(3)21(26)24-22-19(23(27)25-11-13-28-14-12-25)16(2)20(30-22)18-9-7-6-8-10-18/h6-10,17H,4-5,11-15H2,1-3H3,(H,24,26). The maximum Gasteiger partial charge on any atom is 0.257 e. The smallest absolute Gasteiger partial charge is 0.257 e. The van der Waals surface area contributed by atoms with Gasteiger partial charge in [-0.3, -0.25) is 9.59 Å². The van der Waals surface area contributed by atoms with E-state index < -0.39 is 0 Å². The molecule has 1 atom stereocenters. The van der Waals surface area contributed by atoms with E-state index >= 15 is 0 Å². The minimum absolute atomic E-state index is 0.0316. The van der Waals surface area contributed by atoms with Gasteiger partial charge in [-0.15, -0.1) is 23.1 Å². The summed E-state index contributed by atoms with van der Waals surface area (Å²) in [5, 5.41) is 3.56. The van der Waals surface area contributed by atoms with Crippen molar-refractivity contribution in [2.75, 3.05) is 37.4 Å². The molecule has 0 spiro atoms. The van der Waals surface area contributed by atoms with E-state index in [4.69, 9.17) is 4.74 Å². The number of nitrogens with zero attached hydrogens (tertiary/aromatic N) is 1. The second kappa shape index (κ2) is 11.0. The molecule has 0 bridgehead atoms. The van der Waals surface area contributed by atoms with E-state index in [0.717, 1.165) is 34.6 Å². The van der Waals surface area contributed by atoms with Crippen LogP contribution in [0.3, 0.4) is 0 Å². The summed E-state index contributed by atoms with van der Waals surface area (Å²) in [6.45, 7) is 8.30. The van der Waals surface area contributed by atoms with Crippen LogP contribution in [0.15, 0.2) is 30.3 Å². The highest BCUT2D eigenvalue weighted by atomic mass is 32.2. The van der Waals surface area contributed by atoms with Crippen molar-refractivity contribution in [2.24, 2.45) is 0 Å². The lowest BCUT2D eigenvalue weighted by atomic mass is 10.1. The number of ether oxygens (including phenoxy) is 1. The van der Waals surface area contributed by atoms with Crippen molar-refractivity contribution in [3.63, 3.8) is 0 Å². The second-order valence-corrected chi connectivity index (χ2v) is 9.86. The number of nitrogens with one attached hydrogen (secondary N) is 1. The lowest BCUT2D eigenvalue weighted by Gasteiger charge is -2.27.